The number of aliphatic hydroxyl groups excluding tert-OH is 1. The molecule has 3 nitrogen and oxygen atoms in total. The molecule has 0 saturated carbocycles. The number of nitrogens with two attached hydrogens (primary N) is 1. The third-order valence-corrected chi connectivity index (χ3v) is 2.50. The number of phenolic OH excluding ortho intramolecular Hbond substituents is 1. The number of aliphatic hydroxyl groups is 1. The summed E-state index contributed by atoms with van der Waals surface area (Å²) in [5, 5.41) is 18.3. The first kappa shape index (κ1) is 14.2. The molecule has 4 heteroatoms. The van der Waals surface area contributed by atoms with E-state index in [1.165, 1.54) is 0 Å². The second-order valence-electron chi connectivity index (χ2n) is 4.22. The summed E-state index contributed by atoms with van der Waals surface area (Å²) in [6, 6.07) is 6.52. The van der Waals surface area contributed by atoms with Gasteiger partial charge in [0.1, 0.15) is 5.75 Å². The average Bonchev–Trinajstić information content (AvgIpc) is 2.18. The minimum atomic E-state index is -0.350. The fourth-order valence-electron chi connectivity index (χ4n) is 1.23. The topological polar surface area (TPSA) is 66.5 Å². The molecular formula is C11H18ClNO2. The smallest absolute Gasteiger partial charge is 0.115 e. The van der Waals surface area contributed by atoms with Gasteiger partial charge in [0, 0.05) is 18.1 Å². The maximum atomic E-state index is 9.15. The van der Waals surface area contributed by atoms with Crippen LogP contribution in [0.3, 0.4) is 0 Å². The van der Waals surface area contributed by atoms with Gasteiger partial charge in [-0.05, 0) is 17.7 Å². The Kier molecular flexibility index (Phi) is 5.08. The van der Waals surface area contributed by atoms with Gasteiger partial charge >= 0.3 is 0 Å². The van der Waals surface area contributed by atoms with Gasteiger partial charge < -0.3 is 15.9 Å². The largest absolute Gasteiger partial charge is 0.508 e. The molecule has 0 heterocycles. The molecule has 1 atom stereocenters. The number of hydrogen-bond acceptors (Lipinski definition) is 3. The molecule has 0 radical (unpaired) electrons. The number of rotatable bonds is 3. The summed E-state index contributed by atoms with van der Waals surface area (Å²) in [6.07, 6.45) is 0. The molecule has 1 aromatic rings. The van der Waals surface area contributed by atoms with E-state index in [0.717, 1.165) is 5.56 Å². The van der Waals surface area contributed by atoms with Crippen molar-refractivity contribution in [2.75, 3.05) is 6.61 Å². The number of hydrogen-bond donors (Lipinski definition) is 3. The van der Waals surface area contributed by atoms with Crippen LogP contribution in [0.2, 0.25) is 0 Å². The Bertz CT molecular complexity index is 298. The quantitative estimate of drug-likeness (QED) is 0.744. The van der Waals surface area contributed by atoms with Gasteiger partial charge in [0.2, 0.25) is 0 Å². The maximum Gasteiger partial charge on any atom is 0.115 e. The number of halogens is 1. The molecule has 0 aliphatic rings. The lowest BCUT2D eigenvalue weighted by Crippen LogP contribution is -2.32. The van der Waals surface area contributed by atoms with Gasteiger partial charge in [-0.2, -0.15) is 0 Å². The van der Waals surface area contributed by atoms with E-state index in [1.807, 2.05) is 13.8 Å². The number of benzene rings is 1. The van der Waals surface area contributed by atoms with Gasteiger partial charge in [0.25, 0.3) is 0 Å². The predicted octanol–water partition coefficient (Wildman–Crippen LogP) is 1.83. The lowest BCUT2D eigenvalue weighted by Gasteiger charge is -2.29. The monoisotopic (exact) mass is 231 g/mol. The van der Waals surface area contributed by atoms with E-state index in [-0.39, 0.29) is 36.2 Å². The molecule has 15 heavy (non-hydrogen) atoms. The number of aromatic hydroxyl groups is 1. The highest BCUT2D eigenvalue weighted by atomic mass is 35.5. The number of phenols is 1. The summed E-state index contributed by atoms with van der Waals surface area (Å²) in [6.45, 7) is 3.85. The van der Waals surface area contributed by atoms with Crippen LogP contribution in [0.25, 0.3) is 0 Å². The van der Waals surface area contributed by atoms with Crippen molar-refractivity contribution in [3.8, 4) is 5.75 Å². The van der Waals surface area contributed by atoms with E-state index in [9.17, 15) is 0 Å². The van der Waals surface area contributed by atoms with Crippen molar-refractivity contribution in [3.63, 3.8) is 0 Å². The highest BCUT2D eigenvalue weighted by molar-refractivity contribution is 5.85. The van der Waals surface area contributed by atoms with Crippen LogP contribution >= 0.6 is 12.4 Å². The van der Waals surface area contributed by atoms with E-state index in [1.54, 1.807) is 24.3 Å². The summed E-state index contributed by atoms with van der Waals surface area (Å²) in [5.74, 6) is 0.225. The van der Waals surface area contributed by atoms with Gasteiger partial charge in [-0.3, -0.25) is 0 Å². The van der Waals surface area contributed by atoms with E-state index in [4.69, 9.17) is 15.9 Å². The van der Waals surface area contributed by atoms with E-state index in [0.29, 0.717) is 0 Å². The Labute approximate surface area is 96.3 Å². The van der Waals surface area contributed by atoms with Crippen molar-refractivity contribution < 1.29 is 10.2 Å². The van der Waals surface area contributed by atoms with Crippen LogP contribution in [0, 0.1) is 5.41 Å². The lowest BCUT2D eigenvalue weighted by atomic mass is 9.82. The molecule has 0 aromatic heterocycles. The van der Waals surface area contributed by atoms with Crippen molar-refractivity contribution >= 4 is 12.4 Å². The summed E-state index contributed by atoms with van der Waals surface area (Å²) in [7, 11) is 0. The first-order valence-electron chi connectivity index (χ1n) is 4.63. The molecule has 1 aromatic carbocycles. The highest BCUT2D eigenvalue weighted by Gasteiger charge is 2.26. The molecular weight excluding hydrogens is 214 g/mol. The third kappa shape index (κ3) is 3.38. The summed E-state index contributed by atoms with van der Waals surface area (Å²) in [5.41, 5.74) is 6.56. The van der Waals surface area contributed by atoms with E-state index < -0.39 is 0 Å². The van der Waals surface area contributed by atoms with Gasteiger partial charge in [-0.1, -0.05) is 26.0 Å². The van der Waals surface area contributed by atoms with Crippen LogP contribution < -0.4 is 5.73 Å². The Morgan fingerprint density at radius 2 is 1.73 bits per heavy atom. The minimum absolute atomic E-state index is 0. The molecule has 4 N–H and O–H groups in total. The zero-order chi connectivity index (χ0) is 10.8. The minimum Gasteiger partial charge on any atom is -0.508 e. The zero-order valence-corrected chi connectivity index (χ0v) is 9.79. The van der Waals surface area contributed by atoms with Crippen molar-refractivity contribution in [3.05, 3.63) is 29.8 Å². The predicted molar refractivity (Wildman–Crippen MR) is 63.2 cm³/mol. The van der Waals surface area contributed by atoms with Crippen LogP contribution in [0.1, 0.15) is 25.5 Å². The van der Waals surface area contributed by atoms with Crippen LogP contribution in [0.15, 0.2) is 24.3 Å². The fraction of sp³-hybridized carbons (Fsp3) is 0.455. The molecule has 0 amide bonds. The Morgan fingerprint density at radius 3 is 2.13 bits per heavy atom. The Morgan fingerprint density at radius 1 is 1.27 bits per heavy atom. The third-order valence-electron chi connectivity index (χ3n) is 2.50. The second kappa shape index (κ2) is 5.35. The summed E-state index contributed by atoms with van der Waals surface area (Å²) >= 11 is 0. The first-order chi connectivity index (χ1) is 6.47. The molecule has 0 unspecified atom stereocenters. The van der Waals surface area contributed by atoms with Gasteiger partial charge in [-0.15, -0.1) is 12.4 Å². The van der Waals surface area contributed by atoms with Gasteiger partial charge in [-0.25, -0.2) is 0 Å². The maximum absolute atomic E-state index is 9.15. The molecule has 86 valence electrons. The summed E-state index contributed by atoms with van der Waals surface area (Å²) in [4.78, 5) is 0. The van der Waals surface area contributed by atoms with Crippen LogP contribution in [0.4, 0.5) is 0 Å². The van der Waals surface area contributed by atoms with Gasteiger partial charge in [0.15, 0.2) is 0 Å². The molecule has 0 fully saturated rings. The Hall–Kier alpha value is -0.770. The van der Waals surface area contributed by atoms with Crippen LogP contribution in [0.5, 0.6) is 5.75 Å². The standard InChI is InChI=1S/C11H17NO2.ClH/c1-11(2,7-13)10(12)8-3-5-9(14)6-4-8;/h3-6,10,13-14H,7,12H2,1-2H3;1H/t10-;/m0./s1. The molecule has 0 aliphatic heterocycles. The SMILES string of the molecule is CC(C)(CO)[C@@H](N)c1ccc(O)cc1.Cl. The van der Waals surface area contributed by atoms with Crippen molar-refractivity contribution in [2.24, 2.45) is 11.1 Å². The summed E-state index contributed by atoms with van der Waals surface area (Å²) < 4.78 is 0. The van der Waals surface area contributed by atoms with Crippen LogP contribution in [-0.4, -0.2) is 16.8 Å². The fourth-order valence-corrected chi connectivity index (χ4v) is 1.23. The Balaban J connectivity index is 0.00000196. The molecule has 0 bridgehead atoms. The van der Waals surface area contributed by atoms with E-state index in [2.05, 4.69) is 0 Å². The zero-order valence-electron chi connectivity index (χ0n) is 8.97. The van der Waals surface area contributed by atoms with Crippen LogP contribution in [-0.2, 0) is 0 Å². The molecule has 0 aliphatic carbocycles. The van der Waals surface area contributed by atoms with E-state index >= 15 is 0 Å². The second-order valence-corrected chi connectivity index (χ2v) is 4.22. The normalized spacial score (nSPS) is 13.1. The van der Waals surface area contributed by atoms with Crippen molar-refractivity contribution in [2.45, 2.75) is 19.9 Å². The first-order valence-corrected chi connectivity index (χ1v) is 4.63. The van der Waals surface area contributed by atoms with Gasteiger partial charge in [0.05, 0.1) is 0 Å². The highest BCUT2D eigenvalue weighted by Crippen LogP contribution is 2.31. The molecule has 1 rings (SSSR count). The average molecular weight is 232 g/mol. The lowest BCUT2D eigenvalue weighted by molar-refractivity contribution is 0.132. The molecule has 0 spiro atoms. The molecule has 0 saturated heterocycles. The van der Waals surface area contributed by atoms with Crippen molar-refractivity contribution in [1.29, 1.82) is 0 Å². The van der Waals surface area contributed by atoms with Crippen molar-refractivity contribution in [1.82, 2.24) is 0 Å².